The van der Waals surface area contributed by atoms with Crippen LogP contribution in [-0.2, 0) is 12.8 Å². The number of fused-ring (bicyclic) bond motifs is 3. The fourth-order valence-electron chi connectivity index (χ4n) is 2.83. The van der Waals surface area contributed by atoms with Gasteiger partial charge < -0.3 is 10.6 Å². The van der Waals surface area contributed by atoms with Gasteiger partial charge in [0.15, 0.2) is 5.13 Å². The normalized spacial score (nSPS) is 13.1. The number of anilines is 3. The molecule has 0 spiro atoms. The van der Waals surface area contributed by atoms with E-state index in [9.17, 15) is 0 Å². The number of thiazole rings is 1. The van der Waals surface area contributed by atoms with Crippen LogP contribution in [-0.4, -0.2) is 20.5 Å². The molecule has 25 heavy (non-hydrogen) atoms. The van der Waals surface area contributed by atoms with E-state index >= 15 is 0 Å². The van der Waals surface area contributed by atoms with Crippen molar-refractivity contribution in [3.8, 4) is 10.6 Å². The maximum Gasteiger partial charge on any atom is 0.227 e. The minimum absolute atomic E-state index is 0.00499. The van der Waals surface area contributed by atoms with E-state index in [1.807, 2.05) is 36.5 Å². The second kappa shape index (κ2) is 6.11. The van der Waals surface area contributed by atoms with Gasteiger partial charge in [-0.2, -0.15) is 0 Å². The van der Waals surface area contributed by atoms with Gasteiger partial charge in [-0.1, -0.05) is 29.5 Å². The van der Waals surface area contributed by atoms with Crippen molar-refractivity contribution in [2.45, 2.75) is 39.2 Å². The third kappa shape index (κ3) is 3.49. The largest absolute Gasteiger partial charge is 0.357 e. The van der Waals surface area contributed by atoms with E-state index in [1.54, 1.807) is 11.3 Å². The molecule has 0 atom stereocenters. The van der Waals surface area contributed by atoms with Crippen LogP contribution in [0.25, 0.3) is 10.6 Å². The van der Waals surface area contributed by atoms with Gasteiger partial charge in [-0.15, -0.1) is 0 Å². The first kappa shape index (κ1) is 16.0. The molecule has 4 rings (SSSR count). The van der Waals surface area contributed by atoms with E-state index in [0.29, 0.717) is 5.95 Å². The summed E-state index contributed by atoms with van der Waals surface area (Å²) >= 11 is 1.68. The number of nitrogens with zero attached hydrogens (tertiary/aromatic N) is 3. The Hall–Kier alpha value is -2.47. The van der Waals surface area contributed by atoms with Crippen molar-refractivity contribution in [1.82, 2.24) is 15.0 Å². The van der Waals surface area contributed by atoms with Crippen molar-refractivity contribution in [3.63, 3.8) is 0 Å². The first-order chi connectivity index (χ1) is 12.0. The Morgan fingerprint density at radius 2 is 1.84 bits per heavy atom. The van der Waals surface area contributed by atoms with Crippen LogP contribution in [0.5, 0.6) is 0 Å². The SMILES string of the molecule is CC(C)(C)Nc1nc2c(s1)-c1nc(Nc3ccccc3)ncc1CC2. The molecular formula is C19H21N5S. The van der Waals surface area contributed by atoms with Gasteiger partial charge in [0, 0.05) is 17.4 Å². The van der Waals surface area contributed by atoms with Crippen LogP contribution in [0.15, 0.2) is 36.5 Å². The molecule has 0 fully saturated rings. The average Bonchev–Trinajstić information content (AvgIpc) is 2.96. The molecule has 2 aromatic heterocycles. The highest BCUT2D eigenvalue weighted by Crippen LogP contribution is 2.39. The molecule has 0 bridgehead atoms. The number of aryl methyl sites for hydroxylation is 2. The summed E-state index contributed by atoms with van der Waals surface area (Å²) < 4.78 is 0. The molecule has 0 saturated carbocycles. The molecule has 5 nitrogen and oxygen atoms in total. The molecule has 0 unspecified atom stereocenters. The highest BCUT2D eigenvalue weighted by Gasteiger charge is 2.24. The lowest BCUT2D eigenvalue weighted by atomic mass is 10.00. The summed E-state index contributed by atoms with van der Waals surface area (Å²) in [5.41, 5.74) is 4.31. The molecule has 2 heterocycles. The minimum atomic E-state index is -0.00499. The molecular weight excluding hydrogens is 330 g/mol. The first-order valence-corrected chi connectivity index (χ1v) is 9.26. The molecule has 128 valence electrons. The first-order valence-electron chi connectivity index (χ1n) is 8.44. The van der Waals surface area contributed by atoms with Crippen LogP contribution in [0.2, 0.25) is 0 Å². The standard InChI is InChI=1S/C19H21N5S/c1-19(2,3)24-18-22-14-10-9-12-11-20-17(23-15(12)16(14)25-18)21-13-7-5-4-6-8-13/h4-8,11H,9-10H2,1-3H3,(H,22,24)(H,20,21,23). The third-order valence-corrected chi connectivity index (χ3v) is 4.94. The number of aromatic nitrogens is 3. The predicted octanol–water partition coefficient (Wildman–Crippen LogP) is 4.65. The maximum atomic E-state index is 4.78. The third-order valence-electron chi connectivity index (χ3n) is 3.92. The Bertz CT molecular complexity index is 896. The number of rotatable bonds is 3. The summed E-state index contributed by atoms with van der Waals surface area (Å²) in [6, 6.07) is 9.99. The fourth-order valence-corrected chi connectivity index (χ4v) is 4.08. The predicted molar refractivity (Wildman–Crippen MR) is 104 cm³/mol. The summed E-state index contributed by atoms with van der Waals surface area (Å²) in [7, 11) is 0. The van der Waals surface area contributed by atoms with Crippen molar-refractivity contribution in [1.29, 1.82) is 0 Å². The van der Waals surface area contributed by atoms with Crippen molar-refractivity contribution in [2.75, 3.05) is 10.6 Å². The van der Waals surface area contributed by atoms with Gasteiger partial charge in [0.1, 0.15) is 0 Å². The summed E-state index contributed by atoms with van der Waals surface area (Å²) in [6.45, 7) is 6.43. The van der Waals surface area contributed by atoms with Crippen molar-refractivity contribution in [2.24, 2.45) is 0 Å². The quantitative estimate of drug-likeness (QED) is 0.719. The zero-order valence-electron chi connectivity index (χ0n) is 14.6. The van der Waals surface area contributed by atoms with Crippen molar-refractivity contribution in [3.05, 3.63) is 47.8 Å². The Kier molecular flexibility index (Phi) is 3.92. The molecule has 1 aliphatic carbocycles. The number of hydrogen-bond acceptors (Lipinski definition) is 6. The van der Waals surface area contributed by atoms with Gasteiger partial charge >= 0.3 is 0 Å². The van der Waals surface area contributed by atoms with E-state index in [-0.39, 0.29) is 5.54 Å². The Morgan fingerprint density at radius 3 is 2.60 bits per heavy atom. The van der Waals surface area contributed by atoms with Crippen molar-refractivity contribution >= 4 is 28.1 Å². The second-order valence-corrected chi connectivity index (χ2v) is 8.23. The number of nitrogens with one attached hydrogen (secondary N) is 2. The lowest BCUT2D eigenvalue weighted by Crippen LogP contribution is -2.25. The molecule has 0 amide bonds. The zero-order chi connectivity index (χ0) is 17.4. The highest BCUT2D eigenvalue weighted by molar-refractivity contribution is 7.19. The molecule has 0 radical (unpaired) electrons. The molecule has 1 aromatic carbocycles. The van der Waals surface area contributed by atoms with Crippen LogP contribution < -0.4 is 10.6 Å². The molecule has 3 aromatic rings. The minimum Gasteiger partial charge on any atom is -0.357 e. The van der Waals surface area contributed by atoms with Gasteiger partial charge in [0.25, 0.3) is 0 Å². The van der Waals surface area contributed by atoms with Crippen LogP contribution in [0, 0.1) is 0 Å². The van der Waals surface area contributed by atoms with E-state index in [4.69, 9.17) is 9.97 Å². The zero-order valence-corrected chi connectivity index (χ0v) is 15.4. The summed E-state index contributed by atoms with van der Waals surface area (Å²) in [5.74, 6) is 0.622. The molecule has 6 heteroatoms. The molecule has 1 aliphatic rings. The van der Waals surface area contributed by atoms with Crippen LogP contribution in [0.3, 0.4) is 0 Å². The van der Waals surface area contributed by atoms with Crippen LogP contribution >= 0.6 is 11.3 Å². The Balaban J connectivity index is 1.67. The van der Waals surface area contributed by atoms with E-state index in [0.717, 1.165) is 39.9 Å². The summed E-state index contributed by atoms with van der Waals surface area (Å²) in [5, 5.41) is 7.71. The number of hydrogen-bond donors (Lipinski definition) is 2. The summed E-state index contributed by atoms with van der Waals surface area (Å²) in [4.78, 5) is 15.2. The molecule has 2 N–H and O–H groups in total. The Morgan fingerprint density at radius 1 is 1.04 bits per heavy atom. The lowest BCUT2D eigenvalue weighted by molar-refractivity contribution is 0.632. The Labute approximate surface area is 151 Å². The van der Waals surface area contributed by atoms with E-state index in [2.05, 4.69) is 36.4 Å². The highest BCUT2D eigenvalue weighted by atomic mass is 32.1. The molecule has 0 aliphatic heterocycles. The van der Waals surface area contributed by atoms with Gasteiger partial charge in [0.2, 0.25) is 5.95 Å². The lowest BCUT2D eigenvalue weighted by Gasteiger charge is -2.19. The van der Waals surface area contributed by atoms with E-state index in [1.165, 1.54) is 5.56 Å². The monoisotopic (exact) mass is 351 g/mol. The van der Waals surface area contributed by atoms with Crippen LogP contribution in [0.1, 0.15) is 32.0 Å². The number of benzene rings is 1. The van der Waals surface area contributed by atoms with Gasteiger partial charge in [0.05, 0.1) is 16.3 Å². The average molecular weight is 351 g/mol. The molecule has 0 saturated heterocycles. The number of para-hydroxylation sites is 1. The van der Waals surface area contributed by atoms with Crippen LogP contribution in [0.4, 0.5) is 16.8 Å². The topological polar surface area (TPSA) is 62.7 Å². The van der Waals surface area contributed by atoms with Gasteiger partial charge in [-0.3, -0.25) is 0 Å². The second-order valence-electron chi connectivity index (χ2n) is 7.23. The summed E-state index contributed by atoms with van der Waals surface area (Å²) in [6.07, 6.45) is 3.82. The van der Waals surface area contributed by atoms with Gasteiger partial charge in [-0.25, -0.2) is 15.0 Å². The van der Waals surface area contributed by atoms with Crippen molar-refractivity contribution < 1.29 is 0 Å². The van der Waals surface area contributed by atoms with Gasteiger partial charge in [-0.05, 0) is 51.3 Å². The van der Waals surface area contributed by atoms with E-state index < -0.39 is 0 Å². The smallest absolute Gasteiger partial charge is 0.227 e. The maximum absolute atomic E-state index is 4.78. The fraction of sp³-hybridized carbons (Fsp3) is 0.316.